The van der Waals surface area contributed by atoms with Crippen LogP contribution >= 0.6 is 0 Å². The van der Waals surface area contributed by atoms with Crippen LogP contribution in [0.2, 0.25) is 0 Å². The molecule has 0 radical (unpaired) electrons. The van der Waals surface area contributed by atoms with Gasteiger partial charge in [-0.15, -0.1) is 0 Å². The van der Waals surface area contributed by atoms with Gasteiger partial charge in [-0.1, -0.05) is 18.2 Å². The van der Waals surface area contributed by atoms with Gasteiger partial charge < -0.3 is 15.0 Å². The van der Waals surface area contributed by atoms with E-state index in [1.54, 1.807) is 0 Å². The molecule has 2 amide bonds. The Morgan fingerprint density at radius 3 is 2.65 bits per heavy atom. The molecule has 2 heterocycles. The SMILES string of the molecule is C[C@@H]1CN(C(=O)NCc2nn(-c3ccccc3)c3c2CCC3)C[C@H](C)O1. The lowest BCUT2D eigenvalue weighted by molar-refractivity contribution is -0.0545. The Balaban J connectivity index is 1.48. The van der Waals surface area contributed by atoms with Gasteiger partial charge >= 0.3 is 6.03 Å². The van der Waals surface area contributed by atoms with Crippen LogP contribution in [0.1, 0.15) is 37.2 Å². The predicted molar refractivity (Wildman–Crippen MR) is 99.4 cm³/mol. The number of nitrogens with one attached hydrogen (secondary N) is 1. The molecule has 1 saturated heterocycles. The van der Waals surface area contributed by atoms with Gasteiger partial charge in [0.25, 0.3) is 0 Å². The summed E-state index contributed by atoms with van der Waals surface area (Å²) in [6.45, 7) is 5.75. The van der Waals surface area contributed by atoms with Crippen molar-refractivity contribution in [3.63, 3.8) is 0 Å². The number of para-hydroxylation sites is 1. The number of aromatic nitrogens is 2. The largest absolute Gasteiger partial charge is 0.372 e. The molecule has 1 N–H and O–H groups in total. The van der Waals surface area contributed by atoms with Gasteiger partial charge in [0.15, 0.2) is 0 Å². The van der Waals surface area contributed by atoms with Crippen LogP contribution in [-0.2, 0) is 24.1 Å². The first kappa shape index (κ1) is 17.1. The number of hydrogen-bond acceptors (Lipinski definition) is 3. The van der Waals surface area contributed by atoms with Gasteiger partial charge in [0, 0.05) is 18.8 Å². The molecule has 0 bridgehead atoms. The number of nitrogens with zero attached hydrogens (tertiary/aromatic N) is 3. The normalized spacial score (nSPS) is 22.3. The lowest BCUT2D eigenvalue weighted by Crippen LogP contribution is -2.51. The van der Waals surface area contributed by atoms with Gasteiger partial charge in [0.2, 0.25) is 0 Å². The van der Waals surface area contributed by atoms with Crippen LogP contribution in [0.4, 0.5) is 4.79 Å². The summed E-state index contributed by atoms with van der Waals surface area (Å²) in [4.78, 5) is 14.4. The van der Waals surface area contributed by atoms with Crippen molar-refractivity contribution in [2.45, 2.75) is 51.9 Å². The first-order valence-corrected chi connectivity index (χ1v) is 9.45. The fourth-order valence-electron chi connectivity index (χ4n) is 4.05. The van der Waals surface area contributed by atoms with Crippen LogP contribution in [0.5, 0.6) is 0 Å². The Labute approximate surface area is 154 Å². The molecule has 6 heteroatoms. The summed E-state index contributed by atoms with van der Waals surface area (Å²) in [5.74, 6) is 0. The van der Waals surface area contributed by atoms with E-state index >= 15 is 0 Å². The van der Waals surface area contributed by atoms with Crippen molar-refractivity contribution in [1.29, 1.82) is 0 Å². The van der Waals surface area contributed by atoms with E-state index in [4.69, 9.17) is 9.84 Å². The monoisotopic (exact) mass is 354 g/mol. The zero-order valence-electron chi connectivity index (χ0n) is 15.4. The molecule has 2 aliphatic rings. The maximum absolute atomic E-state index is 12.6. The quantitative estimate of drug-likeness (QED) is 0.922. The topological polar surface area (TPSA) is 59.4 Å². The van der Waals surface area contributed by atoms with E-state index in [0.717, 1.165) is 30.6 Å². The highest BCUT2D eigenvalue weighted by molar-refractivity contribution is 5.74. The number of carbonyl (C=O) groups excluding carboxylic acids is 1. The second-order valence-electron chi connectivity index (χ2n) is 7.29. The Morgan fingerprint density at radius 1 is 1.19 bits per heavy atom. The molecule has 0 spiro atoms. The maximum atomic E-state index is 12.6. The number of ether oxygens (including phenoxy) is 1. The van der Waals surface area contributed by atoms with Crippen LogP contribution in [0.15, 0.2) is 30.3 Å². The number of hydrogen-bond donors (Lipinski definition) is 1. The molecule has 1 aromatic heterocycles. The number of urea groups is 1. The smallest absolute Gasteiger partial charge is 0.317 e. The van der Waals surface area contributed by atoms with Gasteiger partial charge in [-0.05, 0) is 50.8 Å². The van der Waals surface area contributed by atoms with E-state index in [1.165, 1.54) is 11.3 Å². The van der Waals surface area contributed by atoms with Gasteiger partial charge in [-0.3, -0.25) is 0 Å². The van der Waals surface area contributed by atoms with Gasteiger partial charge in [0.05, 0.1) is 30.1 Å². The van der Waals surface area contributed by atoms with Crippen molar-refractivity contribution in [2.75, 3.05) is 13.1 Å². The summed E-state index contributed by atoms with van der Waals surface area (Å²) in [7, 11) is 0. The summed E-state index contributed by atoms with van der Waals surface area (Å²) >= 11 is 0. The molecule has 0 saturated carbocycles. The van der Waals surface area contributed by atoms with Crippen molar-refractivity contribution in [3.8, 4) is 5.69 Å². The molecule has 26 heavy (non-hydrogen) atoms. The summed E-state index contributed by atoms with van der Waals surface area (Å²) in [5.41, 5.74) is 4.66. The molecule has 138 valence electrons. The Kier molecular flexibility index (Phi) is 4.68. The van der Waals surface area contributed by atoms with E-state index < -0.39 is 0 Å². The molecule has 2 atom stereocenters. The average molecular weight is 354 g/mol. The molecule has 6 nitrogen and oxygen atoms in total. The number of rotatable bonds is 3. The summed E-state index contributed by atoms with van der Waals surface area (Å²) < 4.78 is 7.75. The Bertz CT molecular complexity index is 777. The van der Waals surface area contributed by atoms with Crippen molar-refractivity contribution in [3.05, 3.63) is 47.3 Å². The van der Waals surface area contributed by atoms with Crippen LogP contribution in [0.25, 0.3) is 5.69 Å². The Hall–Kier alpha value is -2.34. The van der Waals surface area contributed by atoms with Crippen molar-refractivity contribution < 1.29 is 9.53 Å². The van der Waals surface area contributed by atoms with E-state index in [1.807, 2.05) is 41.6 Å². The second-order valence-corrected chi connectivity index (χ2v) is 7.29. The minimum Gasteiger partial charge on any atom is -0.372 e. The van der Waals surface area contributed by atoms with Crippen LogP contribution < -0.4 is 5.32 Å². The highest BCUT2D eigenvalue weighted by Gasteiger charge is 2.27. The molecule has 1 aromatic carbocycles. The third-order valence-electron chi connectivity index (χ3n) is 5.13. The third kappa shape index (κ3) is 3.33. The fourth-order valence-corrected chi connectivity index (χ4v) is 4.05. The van der Waals surface area contributed by atoms with Crippen LogP contribution in [0, 0.1) is 0 Å². The minimum absolute atomic E-state index is 0.0343. The van der Waals surface area contributed by atoms with Gasteiger partial charge in [-0.25, -0.2) is 9.48 Å². The van der Waals surface area contributed by atoms with Gasteiger partial charge in [-0.2, -0.15) is 5.10 Å². The number of carbonyl (C=O) groups is 1. The molecule has 1 aliphatic carbocycles. The van der Waals surface area contributed by atoms with E-state index in [9.17, 15) is 4.79 Å². The lowest BCUT2D eigenvalue weighted by Gasteiger charge is -2.35. The van der Waals surface area contributed by atoms with E-state index in [-0.39, 0.29) is 18.2 Å². The summed E-state index contributed by atoms with van der Waals surface area (Å²) in [5, 5.41) is 7.87. The van der Waals surface area contributed by atoms with E-state index in [0.29, 0.717) is 19.6 Å². The number of benzene rings is 1. The second kappa shape index (κ2) is 7.11. The number of morpholine rings is 1. The van der Waals surface area contributed by atoms with Crippen molar-refractivity contribution in [2.24, 2.45) is 0 Å². The van der Waals surface area contributed by atoms with E-state index in [2.05, 4.69) is 17.4 Å². The molecule has 0 unspecified atom stereocenters. The van der Waals surface area contributed by atoms with Crippen LogP contribution in [0.3, 0.4) is 0 Å². The zero-order chi connectivity index (χ0) is 18.1. The number of amides is 2. The zero-order valence-corrected chi connectivity index (χ0v) is 15.4. The minimum atomic E-state index is -0.0343. The Morgan fingerprint density at radius 2 is 1.92 bits per heavy atom. The average Bonchev–Trinajstić information content (AvgIpc) is 3.22. The van der Waals surface area contributed by atoms with Crippen molar-refractivity contribution >= 4 is 6.03 Å². The predicted octanol–water partition coefficient (Wildman–Crippen LogP) is 2.68. The molecule has 2 aromatic rings. The highest BCUT2D eigenvalue weighted by atomic mass is 16.5. The van der Waals surface area contributed by atoms with Crippen LogP contribution in [-0.4, -0.2) is 46.0 Å². The summed E-state index contributed by atoms with van der Waals surface area (Å²) in [6, 6.07) is 10.2. The fraction of sp³-hybridized carbons (Fsp3) is 0.500. The first-order chi connectivity index (χ1) is 12.6. The molecule has 1 fully saturated rings. The highest BCUT2D eigenvalue weighted by Crippen LogP contribution is 2.27. The maximum Gasteiger partial charge on any atom is 0.317 e. The van der Waals surface area contributed by atoms with Crippen molar-refractivity contribution in [1.82, 2.24) is 20.0 Å². The van der Waals surface area contributed by atoms with Gasteiger partial charge in [0.1, 0.15) is 0 Å². The molecule has 4 rings (SSSR count). The molecule has 1 aliphatic heterocycles. The third-order valence-corrected chi connectivity index (χ3v) is 5.13. The molecular weight excluding hydrogens is 328 g/mol. The summed E-state index contributed by atoms with van der Waals surface area (Å²) in [6.07, 6.45) is 3.39. The lowest BCUT2D eigenvalue weighted by atomic mass is 10.2. The first-order valence-electron chi connectivity index (χ1n) is 9.45. The molecular formula is C20H26N4O2. The standard InChI is InChI=1S/C20H26N4O2/c1-14-12-23(13-15(2)26-14)20(25)21-11-18-17-9-6-10-19(17)24(22-18)16-7-4-3-5-8-16/h3-5,7-8,14-15H,6,9-13H2,1-2H3,(H,21,25)/t14-,15+. The number of fused-ring (bicyclic) bond motifs is 1.